The van der Waals surface area contributed by atoms with Crippen LogP contribution in [0.2, 0.25) is 0 Å². The highest BCUT2D eigenvalue weighted by atomic mass is 32.2. The van der Waals surface area contributed by atoms with Crippen molar-refractivity contribution in [3.8, 4) is 18.1 Å². The van der Waals surface area contributed by atoms with Crippen molar-refractivity contribution in [1.29, 1.82) is 0 Å². The van der Waals surface area contributed by atoms with Crippen LogP contribution in [0.3, 0.4) is 0 Å². The van der Waals surface area contributed by atoms with Crippen LogP contribution in [-0.2, 0) is 10.3 Å². The smallest absolute Gasteiger partial charge is 0.272 e. The molecule has 1 amide bonds. The number of pyridine rings is 1. The normalized spacial score (nSPS) is 12.4. The number of amides is 1. The first-order chi connectivity index (χ1) is 12.9. The Morgan fingerprint density at radius 1 is 1.37 bits per heavy atom. The lowest BCUT2D eigenvalue weighted by molar-refractivity contribution is -0.126. The van der Waals surface area contributed by atoms with Gasteiger partial charge < -0.3 is 10.1 Å². The first kappa shape index (κ1) is 19.2. The van der Waals surface area contributed by atoms with Crippen LogP contribution in [0.1, 0.15) is 24.4 Å². The number of carbonyl (C=O) groups excluding carboxylic acids is 1. The van der Waals surface area contributed by atoms with E-state index in [4.69, 9.17) is 11.2 Å². The second-order valence-corrected chi connectivity index (χ2v) is 8.15. The fraction of sp³-hybridized carbons (Fsp3) is 0.250. The van der Waals surface area contributed by atoms with Crippen molar-refractivity contribution in [1.82, 2.24) is 15.3 Å². The van der Waals surface area contributed by atoms with E-state index < -0.39 is 11.0 Å². The van der Waals surface area contributed by atoms with Gasteiger partial charge >= 0.3 is 0 Å². The zero-order chi connectivity index (χ0) is 19.4. The van der Waals surface area contributed by atoms with E-state index in [2.05, 4.69) is 21.2 Å². The van der Waals surface area contributed by atoms with Gasteiger partial charge in [-0.05, 0) is 44.4 Å². The third-order valence-corrected chi connectivity index (χ3v) is 5.73. The molecule has 0 saturated heterocycles. The van der Waals surface area contributed by atoms with Crippen LogP contribution in [-0.4, -0.2) is 27.6 Å². The Bertz CT molecular complexity index is 994. The Kier molecular flexibility index (Phi) is 5.68. The highest BCUT2D eigenvalue weighted by Gasteiger charge is 2.30. The molecule has 138 valence electrons. The molecule has 0 fully saturated rings. The Labute approximate surface area is 166 Å². The molecule has 0 spiro atoms. The summed E-state index contributed by atoms with van der Waals surface area (Å²) in [5, 5.41) is 6.61. The molecule has 0 saturated carbocycles. The second kappa shape index (κ2) is 7.99. The molecule has 1 atom stereocenters. The molecule has 7 heteroatoms. The molecule has 2 heterocycles. The number of nitrogens with one attached hydrogen (secondary N) is 1. The number of hydrogen-bond donors (Lipinski definition) is 1. The summed E-state index contributed by atoms with van der Waals surface area (Å²) < 4.78 is 5.92. The number of fused-ring (bicyclic) bond motifs is 1. The molecule has 1 N–H and O–H groups in total. The van der Waals surface area contributed by atoms with Crippen molar-refractivity contribution in [3.63, 3.8) is 0 Å². The van der Waals surface area contributed by atoms with Gasteiger partial charge in [0.1, 0.15) is 10.8 Å². The molecule has 5 nitrogen and oxygen atoms in total. The number of terminal acetylenes is 1. The van der Waals surface area contributed by atoms with Crippen molar-refractivity contribution < 1.29 is 9.53 Å². The van der Waals surface area contributed by atoms with E-state index in [1.807, 2.05) is 43.7 Å². The zero-order valence-corrected chi connectivity index (χ0v) is 16.9. The van der Waals surface area contributed by atoms with Crippen LogP contribution in [0.5, 0.6) is 5.75 Å². The van der Waals surface area contributed by atoms with Crippen LogP contribution in [0.15, 0.2) is 42.0 Å². The van der Waals surface area contributed by atoms with Crippen LogP contribution >= 0.6 is 23.1 Å². The molecule has 3 rings (SSSR count). The number of aromatic nitrogens is 2. The lowest BCUT2D eigenvalue weighted by Gasteiger charge is -2.26. The lowest BCUT2D eigenvalue weighted by atomic mass is 10.1. The van der Waals surface area contributed by atoms with Gasteiger partial charge in [0.05, 0.1) is 11.1 Å². The van der Waals surface area contributed by atoms with E-state index in [-0.39, 0.29) is 5.91 Å². The van der Waals surface area contributed by atoms with Crippen molar-refractivity contribution >= 4 is 39.9 Å². The average molecular weight is 398 g/mol. The molecule has 2 aromatic heterocycles. The van der Waals surface area contributed by atoms with Gasteiger partial charge in [0, 0.05) is 28.7 Å². The molecule has 3 aromatic rings. The van der Waals surface area contributed by atoms with Gasteiger partial charge in [0.2, 0.25) is 5.44 Å². The van der Waals surface area contributed by atoms with Crippen LogP contribution < -0.4 is 10.1 Å². The molecule has 1 aromatic carbocycles. The molecule has 0 aliphatic carbocycles. The lowest BCUT2D eigenvalue weighted by Crippen LogP contribution is -2.46. The third kappa shape index (κ3) is 4.41. The average Bonchev–Trinajstić information content (AvgIpc) is 3.20. The highest BCUT2D eigenvalue weighted by Crippen LogP contribution is 2.25. The van der Waals surface area contributed by atoms with E-state index >= 15 is 0 Å². The van der Waals surface area contributed by atoms with E-state index in [9.17, 15) is 4.79 Å². The molecule has 1 unspecified atom stereocenters. The molecule has 0 bridgehead atoms. The Morgan fingerprint density at radius 2 is 2.19 bits per heavy atom. The predicted octanol–water partition coefficient (Wildman–Crippen LogP) is 3.79. The Balaban J connectivity index is 1.77. The van der Waals surface area contributed by atoms with Crippen molar-refractivity contribution in [3.05, 3.63) is 52.6 Å². The largest absolute Gasteiger partial charge is 0.470 e. The van der Waals surface area contributed by atoms with Crippen molar-refractivity contribution in [2.45, 2.75) is 24.8 Å². The molecular weight excluding hydrogens is 378 g/mol. The fourth-order valence-corrected chi connectivity index (χ4v) is 3.75. The summed E-state index contributed by atoms with van der Waals surface area (Å²) in [5.74, 6) is 2.94. The van der Waals surface area contributed by atoms with Gasteiger partial charge in [0.15, 0.2) is 0 Å². The van der Waals surface area contributed by atoms with Gasteiger partial charge in [-0.15, -0.1) is 29.5 Å². The Morgan fingerprint density at radius 3 is 2.85 bits per heavy atom. The maximum atomic E-state index is 12.7. The monoisotopic (exact) mass is 397 g/mol. The number of thioether (sulfide) groups is 1. The molecule has 0 radical (unpaired) electrons. The minimum Gasteiger partial charge on any atom is -0.470 e. The number of benzene rings is 1. The highest BCUT2D eigenvalue weighted by molar-refractivity contribution is 7.99. The van der Waals surface area contributed by atoms with E-state index in [0.717, 1.165) is 15.9 Å². The third-order valence-electron chi connectivity index (χ3n) is 3.89. The first-order valence-electron chi connectivity index (χ1n) is 8.21. The minimum absolute atomic E-state index is 0.210. The summed E-state index contributed by atoms with van der Waals surface area (Å²) in [5.41, 5.74) is 0.253. The number of ether oxygens (including phenoxy) is 1. The second-order valence-electron chi connectivity index (χ2n) is 6.36. The quantitative estimate of drug-likeness (QED) is 0.506. The fourth-order valence-electron chi connectivity index (χ4n) is 2.55. The maximum absolute atomic E-state index is 12.7. The van der Waals surface area contributed by atoms with Crippen molar-refractivity contribution in [2.24, 2.45) is 0 Å². The summed E-state index contributed by atoms with van der Waals surface area (Å²) in [6.45, 7) is 3.84. The molecule has 27 heavy (non-hydrogen) atoms. The standard InChI is InChI=1S/C20H19N3O2S2/c1-5-13-10-14-11-15(6-7-16(14)22-12-13)25-18(26-4)17(24)23-20(2,3)19-21-8-9-27-19/h1,6-12,18H,2-4H3,(H,23,24). The summed E-state index contributed by atoms with van der Waals surface area (Å²) in [7, 11) is 0. The van der Waals surface area contributed by atoms with E-state index in [1.165, 1.54) is 23.1 Å². The minimum atomic E-state index is -0.689. The van der Waals surface area contributed by atoms with Gasteiger partial charge in [0.25, 0.3) is 5.91 Å². The molecule has 0 aliphatic rings. The number of carbonyl (C=O) groups is 1. The van der Waals surface area contributed by atoms with E-state index in [0.29, 0.717) is 11.3 Å². The van der Waals surface area contributed by atoms with Crippen LogP contribution in [0, 0.1) is 12.3 Å². The summed E-state index contributed by atoms with van der Waals surface area (Å²) in [6.07, 6.45) is 10.7. The molecule has 0 aliphatic heterocycles. The Hall–Kier alpha value is -2.56. The van der Waals surface area contributed by atoms with Crippen LogP contribution in [0.4, 0.5) is 0 Å². The number of rotatable bonds is 6. The SMILES string of the molecule is C#Cc1cnc2ccc(OC(SC)C(=O)NC(C)(C)c3nccs3)cc2c1. The first-order valence-corrected chi connectivity index (χ1v) is 10.4. The van der Waals surface area contributed by atoms with Gasteiger partial charge in [-0.3, -0.25) is 9.78 Å². The summed E-state index contributed by atoms with van der Waals surface area (Å²) >= 11 is 2.83. The van der Waals surface area contributed by atoms with Crippen LogP contribution in [0.25, 0.3) is 10.9 Å². The van der Waals surface area contributed by atoms with Gasteiger partial charge in [-0.1, -0.05) is 5.92 Å². The number of hydrogen-bond acceptors (Lipinski definition) is 6. The van der Waals surface area contributed by atoms with Gasteiger partial charge in [-0.2, -0.15) is 0 Å². The summed E-state index contributed by atoms with van der Waals surface area (Å²) in [6, 6.07) is 7.35. The van der Waals surface area contributed by atoms with Crippen molar-refractivity contribution in [2.75, 3.05) is 6.26 Å². The molecular formula is C20H19N3O2S2. The maximum Gasteiger partial charge on any atom is 0.272 e. The topological polar surface area (TPSA) is 64.1 Å². The summed E-state index contributed by atoms with van der Waals surface area (Å²) in [4.78, 5) is 21.3. The predicted molar refractivity (Wildman–Crippen MR) is 111 cm³/mol. The number of thiazole rings is 1. The number of nitrogens with zero attached hydrogens (tertiary/aromatic N) is 2. The van der Waals surface area contributed by atoms with E-state index in [1.54, 1.807) is 18.5 Å². The zero-order valence-electron chi connectivity index (χ0n) is 15.2. The van der Waals surface area contributed by atoms with Gasteiger partial charge in [-0.25, -0.2) is 4.98 Å².